The Hall–Kier alpha value is -3.76. The van der Waals surface area contributed by atoms with Crippen LogP contribution in [0.3, 0.4) is 0 Å². The topological polar surface area (TPSA) is 36.9 Å². The lowest BCUT2D eigenvalue weighted by Crippen LogP contribution is -2.81. The maximum atomic E-state index is 8.19. The summed E-state index contributed by atoms with van der Waals surface area (Å²) < 4.78 is 31.1. The number of benzene rings is 6. The molecular formula is C40H42O4Si5. The minimum Gasteiger partial charge on any atom is -0.430 e. The first-order valence-electron chi connectivity index (χ1n) is 16.6. The van der Waals surface area contributed by atoms with Crippen molar-refractivity contribution in [3.05, 3.63) is 182 Å². The van der Waals surface area contributed by atoms with Gasteiger partial charge in [0.05, 0.1) is 0 Å². The fourth-order valence-corrected chi connectivity index (χ4v) is 26.1. The number of rotatable bonds is 14. The first kappa shape index (κ1) is 35.1. The van der Waals surface area contributed by atoms with Crippen LogP contribution in [-0.2, 0) is 16.5 Å². The fourth-order valence-electron chi connectivity index (χ4n) is 6.19. The van der Waals surface area contributed by atoms with Crippen LogP contribution < -0.4 is 31.1 Å². The van der Waals surface area contributed by atoms with Crippen LogP contribution in [0, 0.1) is 0 Å². The SMILES string of the molecule is C[Si](C)O[Si](O[Si](O[Si](O[Si](C)C)(c1ccccc1)c1ccccc1)(c1ccccc1)c1ccccc1)(c1ccccc1)c1ccccc1. The molecule has 6 rings (SSSR count). The first-order valence-corrected chi connectivity index (χ1v) is 26.9. The molecule has 0 aliphatic rings. The van der Waals surface area contributed by atoms with E-state index in [4.69, 9.17) is 16.5 Å². The summed E-state index contributed by atoms with van der Waals surface area (Å²) in [5.74, 6) is 0. The molecule has 0 spiro atoms. The zero-order valence-corrected chi connectivity index (χ0v) is 33.5. The smallest absolute Gasteiger partial charge is 0.390 e. The van der Waals surface area contributed by atoms with E-state index >= 15 is 0 Å². The van der Waals surface area contributed by atoms with Gasteiger partial charge in [0, 0.05) is 0 Å². The highest BCUT2D eigenvalue weighted by Gasteiger charge is 2.60. The number of hydrogen-bond donors (Lipinski definition) is 0. The van der Waals surface area contributed by atoms with Crippen molar-refractivity contribution in [2.75, 3.05) is 0 Å². The Bertz CT molecular complexity index is 1650. The molecule has 0 N–H and O–H groups in total. The predicted octanol–water partition coefficient (Wildman–Crippen LogP) is 5.32. The lowest BCUT2D eigenvalue weighted by Gasteiger charge is -2.47. The van der Waals surface area contributed by atoms with Gasteiger partial charge in [-0.05, 0) is 57.3 Å². The van der Waals surface area contributed by atoms with Gasteiger partial charge in [-0.25, -0.2) is 0 Å². The molecule has 6 aromatic carbocycles. The Balaban J connectivity index is 1.74. The van der Waals surface area contributed by atoms with E-state index < -0.39 is 43.8 Å². The van der Waals surface area contributed by atoms with Gasteiger partial charge in [-0.15, -0.1) is 0 Å². The molecule has 6 aromatic rings. The third kappa shape index (κ3) is 7.55. The quantitative estimate of drug-likeness (QED) is 0.143. The van der Waals surface area contributed by atoms with Crippen LogP contribution in [0.25, 0.3) is 0 Å². The highest BCUT2D eigenvalue weighted by Crippen LogP contribution is 2.25. The normalized spacial score (nSPS) is 12.4. The van der Waals surface area contributed by atoms with Gasteiger partial charge in [0.25, 0.3) is 0 Å². The maximum absolute atomic E-state index is 8.19. The van der Waals surface area contributed by atoms with E-state index in [9.17, 15) is 0 Å². The summed E-state index contributed by atoms with van der Waals surface area (Å²) in [5.41, 5.74) is 0. The van der Waals surface area contributed by atoms with Gasteiger partial charge in [-0.2, -0.15) is 0 Å². The molecule has 4 nitrogen and oxygen atoms in total. The van der Waals surface area contributed by atoms with Gasteiger partial charge < -0.3 is 16.5 Å². The molecule has 0 saturated heterocycles. The zero-order valence-electron chi connectivity index (χ0n) is 28.5. The zero-order chi connectivity index (χ0) is 34.2. The second-order valence-electron chi connectivity index (χ2n) is 12.3. The summed E-state index contributed by atoms with van der Waals surface area (Å²) in [7, 11) is -13.4. The highest BCUT2D eigenvalue weighted by atomic mass is 28.5. The molecule has 0 aliphatic heterocycles. The van der Waals surface area contributed by atoms with E-state index in [2.05, 4.69) is 208 Å². The van der Waals surface area contributed by atoms with E-state index in [0.29, 0.717) is 0 Å². The summed E-state index contributed by atoms with van der Waals surface area (Å²) >= 11 is 0. The Kier molecular flexibility index (Phi) is 11.4. The molecule has 0 saturated carbocycles. The van der Waals surface area contributed by atoms with Gasteiger partial charge >= 0.3 is 25.7 Å². The Morgan fingerprint density at radius 3 is 0.653 bits per heavy atom. The minimum atomic E-state index is -3.78. The van der Waals surface area contributed by atoms with Gasteiger partial charge in [-0.3, -0.25) is 0 Å². The van der Waals surface area contributed by atoms with E-state index in [1.807, 2.05) is 0 Å². The van der Waals surface area contributed by atoms with Crippen molar-refractivity contribution in [1.29, 1.82) is 0 Å². The van der Waals surface area contributed by atoms with Crippen molar-refractivity contribution in [2.45, 2.75) is 26.2 Å². The maximum Gasteiger partial charge on any atom is 0.390 e. The average Bonchev–Trinajstić information content (AvgIpc) is 3.15. The van der Waals surface area contributed by atoms with Crippen molar-refractivity contribution in [3.8, 4) is 0 Å². The van der Waals surface area contributed by atoms with Crippen LogP contribution in [0.4, 0.5) is 0 Å². The molecule has 0 amide bonds. The van der Waals surface area contributed by atoms with Crippen LogP contribution in [-0.4, -0.2) is 43.8 Å². The molecule has 0 fully saturated rings. The lowest BCUT2D eigenvalue weighted by molar-refractivity contribution is 0.332. The van der Waals surface area contributed by atoms with Gasteiger partial charge in [0.2, 0.25) is 0 Å². The summed E-state index contributed by atoms with van der Waals surface area (Å²) in [6.07, 6.45) is 0. The van der Waals surface area contributed by atoms with Gasteiger partial charge in [0.1, 0.15) is 0 Å². The summed E-state index contributed by atoms with van der Waals surface area (Å²) in [6.45, 7) is 8.76. The van der Waals surface area contributed by atoms with Crippen LogP contribution in [0.5, 0.6) is 0 Å². The van der Waals surface area contributed by atoms with Gasteiger partial charge in [-0.1, -0.05) is 182 Å². The van der Waals surface area contributed by atoms with Crippen molar-refractivity contribution in [2.24, 2.45) is 0 Å². The summed E-state index contributed by atoms with van der Waals surface area (Å²) in [6, 6.07) is 63.2. The van der Waals surface area contributed by atoms with Crippen molar-refractivity contribution >= 4 is 74.9 Å². The van der Waals surface area contributed by atoms with Crippen LogP contribution in [0.2, 0.25) is 26.2 Å². The van der Waals surface area contributed by atoms with Gasteiger partial charge in [0.15, 0.2) is 18.1 Å². The van der Waals surface area contributed by atoms with Crippen LogP contribution in [0.15, 0.2) is 182 Å². The molecule has 49 heavy (non-hydrogen) atoms. The monoisotopic (exact) mass is 726 g/mol. The van der Waals surface area contributed by atoms with E-state index in [1.54, 1.807) is 0 Å². The highest BCUT2D eigenvalue weighted by molar-refractivity contribution is 7.10. The first-order chi connectivity index (χ1) is 23.9. The van der Waals surface area contributed by atoms with E-state index in [1.165, 1.54) is 0 Å². The molecule has 0 unspecified atom stereocenters. The molecule has 0 aromatic heterocycles. The van der Waals surface area contributed by atoms with Crippen LogP contribution in [0.1, 0.15) is 0 Å². The fraction of sp³-hybridized carbons (Fsp3) is 0.100. The lowest BCUT2D eigenvalue weighted by atomic mass is 10.4. The second-order valence-corrected chi connectivity index (χ2v) is 26.3. The summed E-state index contributed by atoms with van der Waals surface area (Å²) in [4.78, 5) is 0. The van der Waals surface area contributed by atoms with Crippen molar-refractivity contribution < 1.29 is 16.5 Å². The van der Waals surface area contributed by atoms with Crippen molar-refractivity contribution in [3.63, 3.8) is 0 Å². The third-order valence-corrected chi connectivity index (χ3v) is 24.9. The summed E-state index contributed by atoms with van der Waals surface area (Å²) in [5, 5.41) is 6.18. The van der Waals surface area contributed by atoms with Crippen molar-refractivity contribution in [1.82, 2.24) is 0 Å². The molecule has 0 bridgehead atoms. The largest absolute Gasteiger partial charge is 0.430 e. The predicted molar refractivity (Wildman–Crippen MR) is 213 cm³/mol. The molecular weight excluding hydrogens is 685 g/mol. The van der Waals surface area contributed by atoms with E-state index in [-0.39, 0.29) is 0 Å². The standard InChI is InChI=1S/C40H42O4Si5/c1-45(2)41-47(35-23-11-5-12-24-35,36-25-13-6-14-26-36)43-49(39-31-19-9-20-32-39,40-33-21-10-22-34-40)44-48(42-46(3)4,37-27-15-7-16-28-37)38-29-17-8-18-30-38/h5-34H,1-4H3. The molecule has 246 valence electrons. The second kappa shape index (κ2) is 15.9. The molecule has 0 aliphatic carbocycles. The molecule has 0 atom stereocenters. The van der Waals surface area contributed by atoms with Crippen LogP contribution >= 0.6 is 0 Å². The van der Waals surface area contributed by atoms with E-state index in [0.717, 1.165) is 31.1 Å². The molecule has 2 radical (unpaired) electrons. The Morgan fingerprint density at radius 1 is 0.286 bits per heavy atom. The third-order valence-electron chi connectivity index (χ3n) is 8.19. The molecule has 0 heterocycles. The number of hydrogen-bond acceptors (Lipinski definition) is 4. The Labute approximate surface area is 298 Å². The molecule has 9 heteroatoms. The minimum absolute atomic E-state index is 1.00. The average molecular weight is 727 g/mol. The Morgan fingerprint density at radius 2 is 0.469 bits per heavy atom.